The summed E-state index contributed by atoms with van der Waals surface area (Å²) in [5, 5.41) is 20.0. The number of hydrogen-bond donors (Lipinski definition) is 3. The van der Waals surface area contributed by atoms with E-state index in [0.717, 1.165) is 23.3 Å². The van der Waals surface area contributed by atoms with Crippen LogP contribution in [0.3, 0.4) is 0 Å². The number of phenols is 1. The fourth-order valence-corrected chi connectivity index (χ4v) is 5.95. The van der Waals surface area contributed by atoms with Crippen LogP contribution >= 0.6 is 0 Å². The number of aliphatic hydroxyl groups is 1. The van der Waals surface area contributed by atoms with Gasteiger partial charge in [0.2, 0.25) is 0 Å². The van der Waals surface area contributed by atoms with E-state index in [9.17, 15) is 15.0 Å². The number of quaternary nitrogens is 1. The maximum Gasteiger partial charge on any atom is 0.315 e. The predicted octanol–water partition coefficient (Wildman–Crippen LogP) is 2.40. The second-order valence-corrected chi connectivity index (χ2v) is 9.80. The van der Waals surface area contributed by atoms with E-state index in [1.165, 1.54) is 24.8 Å². The normalized spacial score (nSPS) is 33.7. The average molecular weight is 401 g/mol. The van der Waals surface area contributed by atoms with Crippen molar-refractivity contribution in [3.05, 3.63) is 41.0 Å². The quantitative estimate of drug-likeness (QED) is 0.524. The number of ether oxygens (including phenoxy) is 1. The van der Waals surface area contributed by atoms with Gasteiger partial charge in [0.25, 0.3) is 0 Å². The first kappa shape index (κ1) is 20.4. The zero-order chi connectivity index (χ0) is 20.8. The van der Waals surface area contributed by atoms with Crippen LogP contribution < -0.4 is 4.90 Å². The second-order valence-electron chi connectivity index (χ2n) is 9.80. The molecule has 4 rings (SSSR count). The third-order valence-electron chi connectivity index (χ3n) is 7.57. The molecule has 2 fully saturated rings. The van der Waals surface area contributed by atoms with Crippen LogP contribution in [0, 0.1) is 17.3 Å². The Morgan fingerprint density at radius 3 is 2.76 bits per heavy atom. The highest BCUT2D eigenvalue weighted by Crippen LogP contribution is 2.54. The molecular weight excluding hydrogens is 366 g/mol. The van der Waals surface area contributed by atoms with Crippen LogP contribution in [0.4, 0.5) is 0 Å². The van der Waals surface area contributed by atoms with Gasteiger partial charge in [-0.25, -0.2) is 0 Å². The van der Waals surface area contributed by atoms with Crippen LogP contribution in [0.2, 0.25) is 0 Å². The van der Waals surface area contributed by atoms with Crippen molar-refractivity contribution >= 4 is 5.97 Å². The van der Waals surface area contributed by atoms with Gasteiger partial charge in [-0.1, -0.05) is 30.2 Å². The summed E-state index contributed by atoms with van der Waals surface area (Å²) in [5.74, 6) is 0.301. The number of carbonyl (C=O) groups excluding carboxylic acids is 1. The molecule has 3 aliphatic rings. The summed E-state index contributed by atoms with van der Waals surface area (Å²) < 4.78 is 5.87. The van der Waals surface area contributed by atoms with Crippen molar-refractivity contribution in [1.29, 1.82) is 0 Å². The highest BCUT2D eigenvalue weighted by molar-refractivity contribution is 5.75. The van der Waals surface area contributed by atoms with Gasteiger partial charge in [-0.05, 0) is 62.1 Å². The molecule has 1 unspecified atom stereocenters. The van der Waals surface area contributed by atoms with Crippen molar-refractivity contribution in [3.63, 3.8) is 0 Å². The minimum Gasteiger partial charge on any atom is -0.508 e. The summed E-state index contributed by atoms with van der Waals surface area (Å²) in [5.41, 5.74) is 4.09. The Bertz CT molecular complexity index is 802. The van der Waals surface area contributed by atoms with Crippen LogP contribution in [0.1, 0.15) is 57.6 Å². The number of benzene rings is 1. The van der Waals surface area contributed by atoms with E-state index in [0.29, 0.717) is 13.1 Å². The highest BCUT2D eigenvalue weighted by Gasteiger charge is 2.53. The van der Waals surface area contributed by atoms with Crippen molar-refractivity contribution < 1.29 is 24.6 Å². The van der Waals surface area contributed by atoms with Crippen molar-refractivity contribution in [2.45, 2.75) is 58.2 Å². The van der Waals surface area contributed by atoms with Crippen LogP contribution in [0.15, 0.2) is 35.4 Å². The fourth-order valence-electron chi connectivity index (χ4n) is 5.95. The largest absolute Gasteiger partial charge is 0.508 e. The number of allylic oxidation sites excluding steroid dienone is 2. The third-order valence-corrected chi connectivity index (χ3v) is 7.57. The van der Waals surface area contributed by atoms with E-state index in [1.807, 2.05) is 7.05 Å². The lowest BCUT2D eigenvalue weighted by atomic mass is 9.59. The Morgan fingerprint density at radius 1 is 1.31 bits per heavy atom. The molecule has 0 spiro atoms. The molecule has 1 aromatic carbocycles. The van der Waals surface area contributed by atoms with Crippen molar-refractivity contribution in [2.75, 3.05) is 20.1 Å². The van der Waals surface area contributed by atoms with Gasteiger partial charge in [0.15, 0.2) is 0 Å². The molecule has 158 valence electrons. The van der Waals surface area contributed by atoms with Gasteiger partial charge in [-0.15, -0.1) is 0 Å². The Morgan fingerprint density at radius 2 is 2.03 bits per heavy atom. The monoisotopic (exact) mass is 400 g/mol. The molecule has 2 aliphatic carbocycles. The van der Waals surface area contributed by atoms with E-state index in [1.54, 1.807) is 29.8 Å². The zero-order valence-corrected chi connectivity index (χ0v) is 17.8. The number of likely N-dealkylation sites (N-methyl/N-ethyl adjacent to an activating group) is 1. The number of fused-ring (bicyclic) bond motifs is 2. The third kappa shape index (κ3) is 3.95. The molecule has 1 heterocycles. The Hall–Kier alpha value is -1.85. The number of carbonyl (C=O) groups is 1. The minimum atomic E-state index is -0.623. The van der Waals surface area contributed by atoms with Crippen molar-refractivity contribution in [3.8, 4) is 5.75 Å². The number of nitrogens with one attached hydrogen (secondary N) is 1. The molecule has 1 aliphatic heterocycles. The SMILES string of the molecule is CC1=C2C[C@H]3[C@@H](C[C@@]2(C)CCC1)OC(=O)[C@@H]3C[NH+](C)C[C@@H](O)c1ccc(O)cc1. The summed E-state index contributed by atoms with van der Waals surface area (Å²) in [7, 11) is 2.03. The van der Waals surface area contributed by atoms with Crippen LogP contribution in [-0.2, 0) is 9.53 Å². The maximum absolute atomic E-state index is 12.7. The molecule has 5 heteroatoms. The average Bonchev–Trinajstić information content (AvgIpc) is 2.94. The van der Waals surface area contributed by atoms with Crippen LogP contribution in [0.25, 0.3) is 0 Å². The molecular formula is C24H34NO4+. The lowest BCUT2D eigenvalue weighted by Crippen LogP contribution is -3.10. The lowest BCUT2D eigenvalue weighted by molar-refractivity contribution is -0.886. The predicted molar refractivity (Wildman–Crippen MR) is 110 cm³/mol. The van der Waals surface area contributed by atoms with Gasteiger partial charge in [0.05, 0.1) is 13.6 Å². The van der Waals surface area contributed by atoms with Crippen molar-refractivity contribution in [2.24, 2.45) is 17.3 Å². The summed E-state index contributed by atoms with van der Waals surface area (Å²) in [6.07, 6.45) is 4.99. The molecule has 3 N–H and O–H groups in total. The first-order chi connectivity index (χ1) is 13.8. The summed E-state index contributed by atoms with van der Waals surface area (Å²) >= 11 is 0. The summed E-state index contributed by atoms with van der Waals surface area (Å²) in [4.78, 5) is 13.8. The van der Waals surface area contributed by atoms with E-state index in [2.05, 4.69) is 13.8 Å². The molecule has 0 amide bonds. The van der Waals surface area contributed by atoms with Crippen LogP contribution in [-0.4, -0.2) is 42.4 Å². The van der Waals surface area contributed by atoms with Gasteiger partial charge >= 0.3 is 5.97 Å². The molecule has 6 atom stereocenters. The van der Waals surface area contributed by atoms with Gasteiger partial charge in [-0.3, -0.25) is 4.79 Å². The summed E-state index contributed by atoms with van der Waals surface area (Å²) in [6.45, 7) is 5.82. The van der Waals surface area contributed by atoms with E-state index in [4.69, 9.17) is 4.74 Å². The zero-order valence-electron chi connectivity index (χ0n) is 17.8. The minimum absolute atomic E-state index is 0.0435. The van der Waals surface area contributed by atoms with Crippen molar-refractivity contribution in [1.82, 2.24) is 0 Å². The molecule has 29 heavy (non-hydrogen) atoms. The molecule has 0 radical (unpaired) electrons. The van der Waals surface area contributed by atoms with Gasteiger partial charge in [-0.2, -0.15) is 0 Å². The molecule has 0 aromatic heterocycles. The smallest absolute Gasteiger partial charge is 0.315 e. The number of hydrogen-bond acceptors (Lipinski definition) is 4. The number of esters is 1. The molecule has 1 saturated heterocycles. The fraction of sp³-hybridized carbons (Fsp3) is 0.625. The summed E-state index contributed by atoms with van der Waals surface area (Å²) in [6, 6.07) is 6.67. The van der Waals surface area contributed by atoms with Gasteiger partial charge in [0.1, 0.15) is 30.4 Å². The Labute approximate surface area is 173 Å². The first-order valence-corrected chi connectivity index (χ1v) is 10.9. The van der Waals surface area contributed by atoms with E-state index in [-0.39, 0.29) is 35.1 Å². The number of rotatable bonds is 5. The van der Waals surface area contributed by atoms with Gasteiger partial charge in [0, 0.05) is 5.92 Å². The maximum atomic E-state index is 12.7. The van der Waals surface area contributed by atoms with E-state index < -0.39 is 6.10 Å². The van der Waals surface area contributed by atoms with E-state index >= 15 is 0 Å². The number of aliphatic hydroxyl groups excluding tert-OH is 1. The van der Waals surface area contributed by atoms with Gasteiger partial charge < -0.3 is 19.8 Å². The molecule has 1 aromatic rings. The number of aromatic hydroxyl groups is 1. The lowest BCUT2D eigenvalue weighted by Gasteiger charge is -2.45. The number of phenolic OH excluding ortho intramolecular Hbond substituents is 1. The molecule has 1 saturated carbocycles. The second kappa shape index (κ2) is 7.77. The topological polar surface area (TPSA) is 71.2 Å². The molecule has 0 bridgehead atoms. The highest BCUT2D eigenvalue weighted by atomic mass is 16.6. The Balaban J connectivity index is 1.43. The molecule has 5 nitrogen and oxygen atoms in total. The standard InChI is InChI=1S/C24H33NO4/c1-15-5-4-10-24(2)12-22-18(11-20(15)24)19(23(28)29-22)13-25(3)14-21(27)16-6-8-17(26)9-7-16/h6-9,18-19,21-22,26-27H,4-5,10-14H2,1-3H3/p+1/t18-,19-,21-,22-,24-/m1/s1. The first-order valence-electron chi connectivity index (χ1n) is 10.9. The Kier molecular flexibility index (Phi) is 5.47. The van der Waals surface area contributed by atoms with Crippen LogP contribution in [0.5, 0.6) is 5.75 Å².